The average Bonchev–Trinajstić information content (AvgIpc) is 2.52. The van der Waals surface area contributed by atoms with Crippen LogP contribution in [0.2, 0.25) is 0 Å². The van der Waals surface area contributed by atoms with Crippen molar-refractivity contribution in [3.05, 3.63) is 0 Å². The molecule has 0 aromatic heterocycles. The highest BCUT2D eigenvalue weighted by Crippen LogP contribution is 2.12. The van der Waals surface area contributed by atoms with Crippen LogP contribution in [0, 0.1) is 0 Å². The molecule has 0 aromatic carbocycles. The highest BCUT2D eigenvalue weighted by molar-refractivity contribution is 7.99. The highest BCUT2D eigenvalue weighted by atomic mass is 32.2. The summed E-state index contributed by atoms with van der Waals surface area (Å²) < 4.78 is 0. The molecule has 0 bridgehead atoms. The van der Waals surface area contributed by atoms with Crippen LogP contribution in [-0.4, -0.2) is 33.7 Å². The summed E-state index contributed by atoms with van der Waals surface area (Å²) >= 11 is 1.78. The first-order valence-corrected chi connectivity index (χ1v) is 10.2. The predicted octanol–water partition coefficient (Wildman–Crippen LogP) is 5.60. The molecular formula is C18H36O4S. The van der Waals surface area contributed by atoms with E-state index in [-0.39, 0.29) is 6.42 Å². The summed E-state index contributed by atoms with van der Waals surface area (Å²) in [6, 6.07) is 0. The monoisotopic (exact) mass is 348 g/mol. The fraction of sp³-hybridized carbons (Fsp3) is 0.889. The van der Waals surface area contributed by atoms with E-state index in [4.69, 9.17) is 10.2 Å². The minimum atomic E-state index is -0.745. The second-order valence-electron chi connectivity index (χ2n) is 5.69. The lowest BCUT2D eigenvalue weighted by Gasteiger charge is -2.02. The number of aliphatic carboxylic acids is 2. The van der Waals surface area contributed by atoms with Crippen molar-refractivity contribution >= 4 is 23.7 Å². The molecule has 0 fully saturated rings. The van der Waals surface area contributed by atoms with E-state index in [0.717, 1.165) is 11.5 Å². The van der Waals surface area contributed by atoms with Crippen LogP contribution in [0.4, 0.5) is 0 Å². The number of unbranched alkanes of at least 4 members (excludes halogenated alkanes) is 9. The van der Waals surface area contributed by atoms with Gasteiger partial charge in [0.2, 0.25) is 0 Å². The lowest BCUT2D eigenvalue weighted by molar-refractivity contribution is -0.137. The van der Waals surface area contributed by atoms with Gasteiger partial charge in [-0.3, -0.25) is 9.59 Å². The van der Waals surface area contributed by atoms with Gasteiger partial charge in [0, 0.05) is 12.2 Å². The molecule has 0 heterocycles. The molecule has 4 nitrogen and oxygen atoms in total. The molecule has 0 saturated carbocycles. The van der Waals surface area contributed by atoms with Crippen LogP contribution in [0.25, 0.3) is 0 Å². The molecule has 138 valence electrons. The van der Waals surface area contributed by atoms with Gasteiger partial charge in [0.1, 0.15) is 0 Å². The lowest BCUT2D eigenvalue weighted by Crippen LogP contribution is -1.96. The van der Waals surface area contributed by atoms with Crippen LogP contribution >= 0.6 is 11.8 Å². The Hall–Kier alpha value is -0.710. The zero-order valence-electron chi connectivity index (χ0n) is 15.0. The molecule has 0 amide bonds. The first kappa shape index (κ1) is 24.5. The van der Waals surface area contributed by atoms with E-state index in [2.05, 4.69) is 6.92 Å². The van der Waals surface area contributed by atoms with Crippen LogP contribution in [0.3, 0.4) is 0 Å². The van der Waals surface area contributed by atoms with Crippen molar-refractivity contribution < 1.29 is 19.8 Å². The highest BCUT2D eigenvalue weighted by Gasteiger charge is 1.97. The molecule has 0 aromatic rings. The van der Waals surface area contributed by atoms with Gasteiger partial charge < -0.3 is 10.2 Å². The Bertz CT molecular complexity index is 270. The van der Waals surface area contributed by atoms with Crippen LogP contribution in [0.5, 0.6) is 0 Å². The molecule has 0 spiro atoms. The zero-order valence-corrected chi connectivity index (χ0v) is 15.8. The maximum absolute atomic E-state index is 10.3. The van der Waals surface area contributed by atoms with Gasteiger partial charge in [-0.2, -0.15) is 11.8 Å². The molecule has 23 heavy (non-hydrogen) atoms. The molecular weight excluding hydrogens is 312 g/mol. The van der Waals surface area contributed by atoms with Crippen molar-refractivity contribution in [1.29, 1.82) is 0 Å². The molecule has 2 N–H and O–H groups in total. The van der Waals surface area contributed by atoms with Gasteiger partial charge >= 0.3 is 11.9 Å². The van der Waals surface area contributed by atoms with Gasteiger partial charge in [-0.1, -0.05) is 71.6 Å². The van der Waals surface area contributed by atoms with Crippen molar-refractivity contribution in [2.24, 2.45) is 0 Å². The van der Waals surface area contributed by atoms with Gasteiger partial charge in [0.25, 0.3) is 0 Å². The molecule has 0 atom stereocenters. The van der Waals surface area contributed by atoms with Crippen LogP contribution in [-0.2, 0) is 9.59 Å². The molecule has 0 aliphatic heterocycles. The summed E-state index contributed by atoms with van der Waals surface area (Å²) in [5, 5.41) is 16.2. The molecule has 5 heteroatoms. The Kier molecular flexibility index (Phi) is 22.7. The van der Waals surface area contributed by atoms with E-state index in [0.29, 0.717) is 6.42 Å². The normalized spacial score (nSPS) is 10.0. The largest absolute Gasteiger partial charge is 0.481 e. The van der Waals surface area contributed by atoms with Gasteiger partial charge in [-0.05, 0) is 12.2 Å². The fourth-order valence-electron chi connectivity index (χ4n) is 1.95. The third kappa shape index (κ3) is 29.9. The number of rotatable bonds is 15. The van der Waals surface area contributed by atoms with Gasteiger partial charge in [0.15, 0.2) is 0 Å². The lowest BCUT2D eigenvalue weighted by atomic mass is 10.1. The third-order valence-electron chi connectivity index (χ3n) is 3.40. The third-order valence-corrected chi connectivity index (χ3v) is 4.48. The quantitative estimate of drug-likeness (QED) is 0.377. The predicted molar refractivity (Wildman–Crippen MR) is 99.3 cm³/mol. The minimum absolute atomic E-state index is 0.222. The van der Waals surface area contributed by atoms with E-state index in [1.807, 2.05) is 0 Å². The van der Waals surface area contributed by atoms with Crippen molar-refractivity contribution in [2.75, 3.05) is 11.5 Å². The van der Waals surface area contributed by atoms with Crippen molar-refractivity contribution in [3.63, 3.8) is 0 Å². The molecule has 0 radical (unpaired) electrons. The number of hydrogen-bond donors (Lipinski definition) is 2. The van der Waals surface area contributed by atoms with Crippen LogP contribution in [0.15, 0.2) is 0 Å². The Balaban J connectivity index is 0. The second kappa shape index (κ2) is 21.3. The number of carboxylic acids is 2. The SMILES string of the molecule is CCC(=O)O.CCCCCCCCCCCCSCCC(=O)O. The van der Waals surface area contributed by atoms with Crippen molar-refractivity contribution in [1.82, 2.24) is 0 Å². The topological polar surface area (TPSA) is 74.6 Å². The standard InChI is InChI=1S/C15H30O2S.C3H6O2/c1-2-3-4-5-6-7-8-9-10-11-13-18-14-12-15(16)17;1-2-3(4)5/h2-14H2,1H3,(H,16,17);2H2,1H3,(H,4,5). The maximum atomic E-state index is 10.3. The zero-order chi connectivity index (χ0) is 17.8. The van der Waals surface area contributed by atoms with Crippen molar-refractivity contribution in [2.45, 2.75) is 90.9 Å². The Morgan fingerprint density at radius 2 is 1.13 bits per heavy atom. The number of hydrogen-bond acceptors (Lipinski definition) is 3. The smallest absolute Gasteiger partial charge is 0.304 e. The van der Waals surface area contributed by atoms with Gasteiger partial charge in [-0.15, -0.1) is 0 Å². The maximum Gasteiger partial charge on any atom is 0.304 e. The summed E-state index contributed by atoms with van der Waals surface area (Å²) in [5.41, 5.74) is 0. The fourth-order valence-corrected chi connectivity index (χ4v) is 2.88. The Morgan fingerprint density at radius 3 is 1.52 bits per heavy atom. The van der Waals surface area contributed by atoms with E-state index in [1.165, 1.54) is 64.2 Å². The van der Waals surface area contributed by atoms with Crippen molar-refractivity contribution in [3.8, 4) is 0 Å². The molecule has 0 aliphatic rings. The second-order valence-corrected chi connectivity index (χ2v) is 6.91. The van der Waals surface area contributed by atoms with Gasteiger partial charge in [0.05, 0.1) is 6.42 Å². The number of thioether (sulfide) groups is 1. The molecule has 0 saturated heterocycles. The summed E-state index contributed by atoms with van der Waals surface area (Å²) in [6.07, 6.45) is 14.2. The summed E-state index contributed by atoms with van der Waals surface area (Å²) in [4.78, 5) is 19.7. The van der Waals surface area contributed by atoms with E-state index < -0.39 is 11.9 Å². The Morgan fingerprint density at radius 1 is 0.696 bits per heavy atom. The molecule has 0 rings (SSSR count). The van der Waals surface area contributed by atoms with E-state index in [1.54, 1.807) is 18.7 Å². The minimum Gasteiger partial charge on any atom is -0.481 e. The summed E-state index contributed by atoms with van der Waals surface area (Å²) in [7, 11) is 0. The number of carboxylic acid groups (broad SMARTS) is 2. The molecule has 0 aliphatic carbocycles. The summed E-state index contributed by atoms with van der Waals surface area (Å²) in [6.45, 7) is 3.86. The van der Waals surface area contributed by atoms with E-state index >= 15 is 0 Å². The molecule has 0 unspecified atom stereocenters. The summed E-state index contributed by atoms with van der Waals surface area (Å²) in [5.74, 6) is 0.479. The first-order chi connectivity index (χ1) is 11.0. The number of carbonyl (C=O) groups is 2. The van der Waals surface area contributed by atoms with Crippen LogP contribution < -0.4 is 0 Å². The van der Waals surface area contributed by atoms with E-state index in [9.17, 15) is 9.59 Å². The average molecular weight is 349 g/mol. The Labute approximate surface area is 146 Å². The first-order valence-electron chi connectivity index (χ1n) is 9.05. The van der Waals surface area contributed by atoms with Gasteiger partial charge in [-0.25, -0.2) is 0 Å². The van der Waals surface area contributed by atoms with Crippen LogP contribution in [0.1, 0.15) is 90.9 Å².